The highest BCUT2D eigenvalue weighted by molar-refractivity contribution is 6.08. The molecule has 0 radical (unpaired) electrons. The fourth-order valence-corrected chi connectivity index (χ4v) is 2.77. The number of hydrogen-bond acceptors (Lipinski definition) is 2. The molecule has 0 saturated heterocycles. The van der Waals surface area contributed by atoms with Gasteiger partial charge in [-0.05, 0) is 35.4 Å². The molecule has 4 rings (SSSR count). The molecule has 0 fully saturated rings. The number of benzene rings is 3. The minimum atomic E-state index is -0.922. The average Bonchev–Trinajstić information content (AvgIpc) is 3.04. The molecule has 3 aromatic carbocycles. The van der Waals surface area contributed by atoms with Gasteiger partial charge in [0, 0.05) is 11.5 Å². The van der Waals surface area contributed by atoms with Crippen molar-refractivity contribution in [2.24, 2.45) is 0 Å². The maximum Gasteiger partial charge on any atom is 0.259 e. The first kappa shape index (κ1) is 16.0. The van der Waals surface area contributed by atoms with Crippen molar-refractivity contribution < 1.29 is 13.6 Å². The molecule has 0 aliphatic rings. The number of rotatable bonds is 3. The van der Waals surface area contributed by atoms with E-state index in [1.807, 2.05) is 48.5 Å². The smallest absolute Gasteiger partial charge is 0.259 e. The summed E-state index contributed by atoms with van der Waals surface area (Å²) < 4.78 is 26.7. The largest absolute Gasteiger partial charge is 0.304 e. The summed E-state index contributed by atoms with van der Waals surface area (Å²) >= 11 is 0. The lowest BCUT2D eigenvalue weighted by Crippen LogP contribution is -2.14. The van der Waals surface area contributed by atoms with Crippen LogP contribution in [0, 0.1) is 11.6 Å². The lowest BCUT2D eigenvalue weighted by Gasteiger charge is -2.05. The second-order valence-electron chi connectivity index (χ2n) is 5.78. The zero-order valence-electron chi connectivity index (χ0n) is 13.5. The molecule has 0 aliphatic heterocycles. The zero-order chi connectivity index (χ0) is 18.1. The third-order valence-corrected chi connectivity index (χ3v) is 4.08. The molecule has 0 atom stereocenters. The van der Waals surface area contributed by atoms with E-state index in [0.29, 0.717) is 11.5 Å². The first-order valence-electron chi connectivity index (χ1n) is 7.92. The lowest BCUT2D eigenvalue weighted by atomic mass is 10.0. The number of carbonyl (C=O) groups excluding carboxylic acids is 1. The lowest BCUT2D eigenvalue weighted by molar-refractivity contribution is 0.102. The summed E-state index contributed by atoms with van der Waals surface area (Å²) in [7, 11) is 0. The Morgan fingerprint density at radius 1 is 0.923 bits per heavy atom. The quantitative estimate of drug-likeness (QED) is 0.560. The highest BCUT2D eigenvalue weighted by Crippen LogP contribution is 2.27. The number of nitrogens with zero attached hydrogens (tertiary/aromatic N) is 1. The first-order valence-corrected chi connectivity index (χ1v) is 7.92. The fraction of sp³-hybridized carbons (Fsp3) is 0. The zero-order valence-corrected chi connectivity index (χ0v) is 13.5. The van der Waals surface area contributed by atoms with Crippen LogP contribution in [0.4, 0.5) is 14.6 Å². The first-order chi connectivity index (χ1) is 12.6. The van der Waals surface area contributed by atoms with Crippen molar-refractivity contribution in [3.63, 3.8) is 0 Å². The average molecular weight is 349 g/mol. The van der Waals surface area contributed by atoms with Gasteiger partial charge in [-0.15, -0.1) is 0 Å². The fourth-order valence-electron chi connectivity index (χ4n) is 2.77. The van der Waals surface area contributed by atoms with Crippen LogP contribution < -0.4 is 5.32 Å². The number of halogens is 2. The van der Waals surface area contributed by atoms with E-state index in [-0.39, 0.29) is 11.4 Å². The van der Waals surface area contributed by atoms with E-state index in [4.69, 9.17) is 0 Å². The van der Waals surface area contributed by atoms with Crippen molar-refractivity contribution in [3.8, 4) is 11.1 Å². The summed E-state index contributed by atoms with van der Waals surface area (Å²) in [6.45, 7) is 0. The van der Waals surface area contributed by atoms with Crippen LogP contribution in [0.5, 0.6) is 0 Å². The standard InChI is InChI=1S/C20H13F2N3O/c21-14-7-9-15(17(22)11-14)20(26)23-19-16-8-6-13(10-18(16)24-25-19)12-4-2-1-3-5-12/h1-11H,(H2,23,24,25,26). The van der Waals surface area contributed by atoms with Gasteiger partial charge in [0.05, 0.1) is 11.1 Å². The highest BCUT2D eigenvalue weighted by Gasteiger charge is 2.15. The summed E-state index contributed by atoms with van der Waals surface area (Å²) in [5.41, 5.74) is 2.55. The Morgan fingerprint density at radius 2 is 1.73 bits per heavy atom. The van der Waals surface area contributed by atoms with E-state index < -0.39 is 17.5 Å². The van der Waals surface area contributed by atoms with Crippen molar-refractivity contribution in [1.82, 2.24) is 10.2 Å². The Bertz CT molecular complexity index is 1110. The van der Waals surface area contributed by atoms with Gasteiger partial charge in [-0.1, -0.05) is 36.4 Å². The monoisotopic (exact) mass is 349 g/mol. The van der Waals surface area contributed by atoms with Gasteiger partial charge in [0.15, 0.2) is 5.82 Å². The molecule has 4 nitrogen and oxygen atoms in total. The Kier molecular flexibility index (Phi) is 3.93. The number of anilines is 1. The minimum Gasteiger partial charge on any atom is -0.304 e. The van der Waals surface area contributed by atoms with Gasteiger partial charge in [0.1, 0.15) is 11.6 Å². The molecular weight excluding hydrogens is 336 g/mol. The summed E-state index contributed by atoms with van der Waals surface area (Å²) in [5.74, 6) is -2.07. The second-order valence-corrected chi connectivity index (χ2v) is 5.78. The Morgan fingerprint density at radius 3 is 2.50 bits per heavy atom. The predicted molar refractivity (Wildman–Crippen MR) is 95.8 cm³/mol. The number of nitrogens with one attached hydrogen (secondary N) is 2. The van der Waals surface area contributed by atoms with Crippen LogP contribution in [0.15, 0.2) is 66.7 Å². The molecular formula is C20H13F2N3O. The van der Waals surface area contributed by atoms with Gasteiger partial charge >= 0.3 is 0 Å². The maximum absolute atomic E-state index is 13.8. The maximum atomic E-state index is 13.8. The molecule has 0 bridgehead atoms. The SMILES string of the molecule is O=C(Nc1n[nH]c2cc(-c3ccccc3)ccc12)c1ccc(F)cc1F. The van der Waals surface area contributed by atoms with Crippen LogP contribution in [0.25, 0.3) is 22.0 Å². The Labute approximate surface area is 147 Å². The Balaban J connectivity index is 1.64. The molecule has 6 heteroatoms. The van der Waals surface area contributed by atoms with Crippen molar-refractivity contribution >= 4 is 22.6 Å². The normalized spacial score (nSPS) is 10.8. The van der Waals surface area contributed by atoms with Crippen LogP contribution in [0.2, 0.25) is 0 Å². The number of fused-ring (bicyclic) bond motifs is 1. The number of amides is 1. The van der Waals surface area contributed by atoms with Crippen molar-refractivity contribution in [2.45, 2.75) is 0 Å². The molecule has 1 amide bonds. The molecule has 0 saturated carbocycles. The molecule has 0 spiro atoms. The molecule has 128 valence electrons. The molecule has 4 aromatic rings. The van der Waals surface area contributed by atoms with Gasteiger partial charge in [-0.2, -0.15) is 5.10 Å². The third kappa shape index (κ3) is 2.93. The summed E-state index contributed by atoms with van der Waals surface area (Å²) in [4.78, 5) is 12.2. The molecule has 1 heterocycles. The van der Waals surface area contributed by atoms with E-state index in [0.717, 1.165) is 28.8 Å². The van der Waals surface area contributed by atoms with Crippen LogP contribution >= 0.6 is 0 Å². The summed E-state index contributed by atoms with van der Waals surface area (Å²) in [5, 5.41) is 10.2. The minimum absolute atomic E-state index is 0.247. The van der Waals surface area contributed by atoms with Crippen molar-refractivity contribution in [3.05, 3.63) is 83.9 Å². The van der Waals surface area contributed by atoms with Gasteiger partial charge in [-0.3, -0.25) is 9.89 Å². The van der Waals surface area contributed by atoms with Crippen molar-refractivity contribution in [1.29, 1.82) is 0 Å². The van der Waals surface area contributed by atoms with Gasteiger partial charge in [0.25, 0.3) is 5.91 Å². The van der Waals surface area contributed by atoms with E-state index in [1.54, 1.807) is 0 Å². The summed E-state index contributed by atoms with van der Waals surface area (Å²) in [6, 6.07) is 18.3. The number of H-pyrrole nitrogens is 1. The van der Waals surface area contributed by atoms with E-state index >= 15 is 0 Å². The number of aromatic amines is 1. The Hall–Kier alpha value is -3.54. The van der Waals surface area contributed by atoms with Crippen LogP contribution in [0.3, 0.4) is 0 Å². The van der Waals surface area contributed by atoms with Crippen LogP contribution in [-0.2, 0) is 0 Å². The van der Waals surface area contributed by atoms with E-state index in [2.05, 4.69) is 15.5 Å². The topological polar surface area (TPSA) is 57.8 Å². The molecule has 0 unspecified atom stereocenters. The molecule has 26 heavy (non-hydrogen) atoms. The van der Waals surface area contributed by atoms with E-state index in [9.17, 15) is 13.6 Å². The highest BCUT2D eigenvalue weighted by atomic mass is 19.1. The predicted octanol–water partition coefficient (Wildman–Crippen LogP) is 4.76. The third-order valence-electron chi connectivity index (χ3n) is 4.08. The number of hydrogen-bond donors (Lipinski definition) is 2. The van der Waals surface area contributed by atoms with Crippen LogP contribution in [0.1, 0.15) is 10.4 Å². The number of carbonyl (C=O) groups is 1. The van der Waals surface area contributed by atoms with Crippen LogP contribution in [-0.4, -0.2) is 16.1 Å². The van der Waals surface area contributed by atoms with Gasteiger partial charge < -0.3 is 5.32 Å². The second kappa shape index (κ2) is 6.40. The molecule has 1 aromatic heterocycles. The molecule has 0 aliphatic carbocycles. The van der Waals surface area contributed by atoms with Gasteiger partial charge in [0.2, 0.25) is 0 Å². The van der Waals surface area contributed by atoms with Crippen molar-refractivity contribution in [2.75, 3.05) is 5.32 Å². The van der Waals surface area contributed by atoms with E-state index in [1.165, 1.54) is 0 Å². The molecule has 2 N–H and O–H groups in total. The van der Waals surface area contributed by atoms with Gasteiger partial charge in [-0.25, -0.2) is 8.78 Å². The summed E-state index contributed by atoms with van der Waals surface area (Å²) in [6.07, 6.45) is 0. The number of aromatic nitrogens is 2.